The highest BCUT2D eigenvalue weighted by atomic mass is 35.5. The number of anilines is 1. The van der Waals surface area contributed by atoms with Crippen molar-refractivity contribution in [2.24, 2.45) is 10.7 Å². The highest BCUT2D eigenvalue weighted by molar-refractivity contribution is 6.31. The Labute approximate surface area is 195 Å². The molecule has 0 unspecified atom stereocenters. The number of hydrogen-bond acceptors (Lipinski definition) is 3. The molecule has 0 saturated heterocycles. The van der Waals surface area contributed by atoms with E-state index >= 15 is 0 Å². The van der Waals surface area contributed by atoms with Gasteiger partial charge in [-0.1, -0.05) is 61.9 Å². The third-order valence-corrected chi connectivity index (χ3v) is 5.94. The van der Waals surface area contributed by atoms with Gasteiger partial charge in [0.25, 0.3) is 0 Å². The third kappa shape index (κ3) is 6.13. The average Bonchev–Trinajstić information content (AvgIpc) is 3.00. The van der Waals surface area contributed by atoms with Crippen LogP contribution >= 0.6 is 11.6 Å². The Morgan fingerprint density at radius 3 is 2.69 bits per heavy atom. The van der Waals surface area contributed by atoms with Crippen molar-refractivity contribution >= 4 is 28.8 Å². The lowest BCUT2D eigenvalue weighted by Crippen LogP contribution is -2.27. The fourth-order valence-corrected chi connectivity index (χ4v) is 3.99. The monoisotopic (exact) mass is 454 g/mol. The van der Waals surface area contributed by atoms with E-state index in [4.69, 9.17) is 22.3 Å². The first-order valence-corrected chi connectivity index (χ1v) is 11.6. The summed E-state index contributed by atoms with van der Waals surface area (Å²) < 4.78 is 14.5. The Morgan fingerprint density at radius 2 is 1.91 bits per heavy atom. The maximum Gasteiger partial charge on any atom is 0.146 e. The number of benzene rings is 2. The number of nitrogens with zero attached hydrogens (tertiary/aromatic N) is 1. The number of hydrogen-bond donors (Lipinski definition) is 3. The summed E-state index contributed by atoms with van der Waals surface area (Å²) in [6.45, 7) is 7.33. The number of amidine groups is 1. The van der Waals surface area contributed by atoms with Crippen LogP contribution in [-0.4, -0.2) is 12.4 Å². The molecule has 0 aromatic heterocycles. The van der Waals surface area contributed by atoms with Crippen LogP contribution in [-0.2, 0) is 6.54 Å². The number of para-hydroxylation sites is 1. The van der Waals surface area contributed by atoms with E-state index < -0.39 is 0 Å². The van der Waals surface area contributed by atoms with Crippen molar-refractivity contribution in [3.63, 3.8) is 0 Å². The zero-order chi connectivity index (χ0) is 22.9. The molecule has 6 heteroatoms. The molecule has 0 radical (unpaired) electrons. The maximum absolute atomic E-state index is 14.5. The number of nitrogens with two attached hydrogens (primary N) is 1. The van der Waals surface area contributed by atoms with Crippen molar-refractivity contribution in [2.75, 3.05) is 11.9 Å². The van der Waals surface area contributed by atoms with E-state index in [9.17, 15) is 4.39 Å². The van der Waals surface area contributed by atoms with Gasteiger partial charge in [0.05, 0.1) is 12.2 Å². The quantitative estimate of drug-likeness (QED) is 0.309. The van der Waals surface area contributed by atoms with E-state index in [1.165, 1.54) is 6.07 Å². The van der Waals surface area contributed by atoms with Gasteiger partial charge in [-0.3, -0.25) is 4.99 Å². The number of allylic oxidation sites excluding steroid dienone is 1. The van der Waals surface area contributed by atoms with Crippen molar-refractivity contribution < 1.29 is 4.39 Å². The second-order valence-electron chi connectivity index (χ2n) is 8.01. The number of aliphatic imine (C=N–C) groups is 1. The van der Waals surface area contributed by atoms with Crippen LogP contribution in [0.25, 0.3) is 5.70 Å². The van der Waals surface area contributed by atoms with E-state index in [1.807, 2.05) is 37.3 Å². The Bertz CT molecular complexity index is 1010. The van der Waals surface area contributed by atoms with Gasteiger partial charge in [0.2, 0.25) is 0 Å². The van der Waals surface area contributed by atoms with Gasteiger partial charge in [-0.2, -0.15) is 0 Å². The zero-order valence-corrected chi connectivity index (χ0v) is 19.4. The molecule has 1 aliphatic rings. The Hall–Kier alpha value is -2.79. The van der Waals surface area contributed by atoms with Crippen LogP contribution in [0.4, 0.5) is 10.1 Å². The van der Waals surface area contributed by atoms with Crippen LogP contribution in [0.15, 0.2) is 65.3 Å². The molecule has 3 rings (SSSR count). The molecule has 0 saturated carbocycles. The van der Waals surface area contributed by atoms with E-state index in [2.05, 4.69) is 17.2 Å². The maximum atomic E-state index is 14.5. The van der Waals surface area contributed by atoms with Gasteiger partial charge >= 0.3 is 0 Å². The second-order valence-corrected chi connectivity index (χ2v) is 8.42. The van der Waals surface area contributed by atoms with Crippen molar-refractivity contribution in [1.29, 1.82) is 0 Å². The smallest absolute Gasteiger partial charge is 0.146 e. The lowest BCUT2D eigenvalue weighted by Gasteiger charge is -2.19. The van der Waals surface area contributed by atoms with E-state index in [0.717, 1.165) is 55.4 Å². The minimum absolute atomic E-state index is 0.304. The first-order valence-electron chi connectivity index (χ1n) is 11.3. The molecule has 0 amide bonds. The van der Waals surface area contributed by atoms with Crippen molar-refractivity contribution in [2.45, 2.75) is 52.0 Å². The lowest BCUT2D eigenvalue weighted by atomic mass is 10.1. The predicted octanol–water partition coefficient (Wildman–Crippen LogP) is 6.64. The molecule has 0 heterocycles. The fourth-order valence-electron chi connectivity index (χ4n) is 3.79. The molecule has 170 valence electrons. The summed E-state index contributed by atoms with van der Waals surface area (Å²) in [5, 5.41) is 7.22. The van der Waals surface area contributed by atoms with Crippen molar-refractivity contribution in [3.05, 3.63) is 82.3 Å². The van der Waals surface area contributed by atoms with E-state index in [0.29, 0.717) is 40.9 Å². The SMILES string of the molecule is C=C(NC(=NCc1ccccc1Cl)C1=C(N)CCCCC1)c1cccc(F)c1NCCC. The highest BCUT2D eigenvalue weighted by Crippen LogP contribution is 2.27. The predicted molar refractivity (Wildman–Crippen MR) is 134 cm³/mol. The fraction of sp³-hybridized carbons (Fsp3) is 0.346. The average molecular weight is 455 g/mol. The molecule has 2 aromatic rings. The summed E-state index contributed by atoms with van der Waals surface area (Å²) in [6, 6.07) is 12.7. The minimum atomic E-state index is -0.304. The van der Waals surface area contributed by atoms with Crippen molar-refractivity contribution in [1.82, 2.24) is 5.32 Å². The molecule has 0 spiro atoms. The first-order chi connectivity index (χ1) is 15.5. The first kappa shape index (κ1) is 23.9. The Balaban J connectivity index is 1.94. The molecular formula is C26H32ClFN4. The molecule has 0 atom stereocenters. The van der Waals surface area contributed by atoms with Gasteiger partial charge in [0.1, 0.15) is 11.7 Å². The topological polar surface area (TPSA) is 62.4 Å². The third-order valence-electron chi connectivity index (χ3n) is 5.57. The molecule has 1 aliphatic carbocycles. The Morgan fingerprint density at radius 1 is 1.12 bits per heavy atom. The van der Waals surface area contributed by atoms with Gasteiger partial charge in [-0.05, 0) is 49.8 Å². The molecule has 4 N–H and O–H groups in total. The largest absolute Gasteiger partial charge is 0.402 e. The van der Waals surface area contributed by atoms with Gasteiger partial charge in [0, 0.05) is 34.1 Å². The van der Waals surface area contributed by atoms with E-state index in [-0.39, 0.29) is 5.82 Å². The highest BCUT2D eigenvalue weighted by Gasteiger charge is 2.18. The van der Waals surface area contributed by atoms with Crippen LogP contribution in [0.2, 0.25) is 5.02 Å². The van der Waals surface area contributed by atoms with Gasteiger partial charge in [-0.25, -0.2) is 4.39 Å². The summed E-state index contributed by atoms with van der Waals surface area (Å²) in [7, 11) is 0. The standard InChI is InChI=1S/C26H32ClFN4/c1-3-16-30-25-20(12-9-14-23(25)28)18(2)32-26(21-11-5-4-6-15-24(21)29)31-17-19-10-7-8-13-22(19)27/h7-10,12-14,30H,2-6,11,15-17,29H2,1H3,(H,31,32). The molecule has 0 bridgehead atoms. The normalized spacial score (nSPS) is 14.8. The van der Waals surface area contributed by atoms with Crippen molar-refractivity contribution in [3.8, 4) is 0 Å². The van der Waals surface area contributed by atoms with Crippen LogP contribution in [0, 0.1) is 5.82 Å². The molecule has 32 heavy (non-hydrogen) atoms. The molecule has 2 aromatic carbocycles. The molecular weight excluding hydrogens is 423 g/mol. The number of halogens is 2. The van der Waals surface area contributed by atoms with Gasteiger partial charge < -0.3 is 16.4 Å². The minimum Gasteiger partial charge on any atom is -0.402 e. The van der Waals surface area contributed by atoms with Crippen LogP contribution in [0.5, 0.6) is 0 Å². The van der Waals surface area contributed by atoms with Crippen LogP contribution in [0.3, 0.4) is 0 Å². The zero-order valence-electron chi connectivity index (χ0n) is 18.7. The Kier molecular flexibility index (Phi) is 8.74. The summed E-state index contributed by atoms with van der Waals surface area (Å²) in [5.74, 6) is 0.377. The summed E-state index contributed by atoms with van der Waals surface area (Å²) in [4.78, 5) is 4.86. The number of nitrogens with one attached hydrogen (secondary N) is 2. The lowest BCUT2D eigenvalue weighted by molar-refractivity contribution is 0.629. The molecule has 4 nitrogen and oxygen atoms in total. The number of rotatable bonds is 8. The van der Waals surface area contributed by atoms with E-state index in [1.54, 1.807) is 6.07 Å². The molecule has 0 aliphatic heterocycles. The van der Waals surface area contributed by atoms with Gasteiger partial charge in [-0.15, -0.1) is 0 Å². The summed E-state index contributed by atoms with van der Waals surface area (Å²) in [6.07, 6.45) is 5.84. The van der Waals surface area contributed by atoms with Crippen LogP contribution < -0.4 is 16.4 Å². The second kappa shape index (κ2) is 11.7. The molecule has 0 fully saturated rings. The summed E-state index contributed by atoms with van der Waals surface area (Å²) >= 11 is 6.34. The summed E-state index contributed by atoms with van der Waals surface area (Å²) in [5.41, 5.74) is 10.9. The van der Waals surface area contributed by atoms with Crippen LogP contribution in [0.1, 0.15) is 56.6 Å². The van der Waals surface area contributed by atoms with Gasteiger partial charge in [0.15, 0.2) is 0 Å².